The molecule has 0 N–H and O–H groups in total. The second-order valence-corrected chi connectivity index (χ2v) is 7.39. The molecule has 0 radical (unpaired) electrons. The van der Waals surface area contributed by atoms with Crippen molar-refractivity contribution < 1.29 is 9.53 Å². The van der Waals surface area contributed by atoms with Gasteiger partial charge in [-0.2, -0.15) is 0 Å². The van der Waals surface area contributed by atoms with Crippen molar-refractivity contribution in [1.29, 1.82) is 0 Å². The summed E-state index contributed by atoms with van der Waals surface area (Å²) in [6.45, 7) is 4.11. The second-order valence-electron chi connectivity index (χ2n) is 7.39. The van der Waals surface area contributed by atoms with Crippen molar-refractivity contribution in [3.63, 3.8) is 0 Å². The van der Waals surface area contributed by atoms with E-state index in [0.29, 0.717) is 6.61 Å². The molecule has 0 unspecified atom stereocenters. The number of ether oxygens (including phenoxy) is 1. The van der Waals surface area contributed by atoms with Gasteiger partial charge in [-0.25, -0.2) is 0 Å². The molecule has 0 heterocycles. The van der Waals surface area contributed by atoms with Crippen LogP contribution in [0.15, 0.2) is 66.7 Å². The minimum Gasteiger partial charge on any atom is -0.461 e. The van der Waals surface area contributed by atoms with Crippen LogP contribution in [0.1, 0.15) is 58.7 Å². The number of rotatable bonds is 2. The SMILES string of the molecule is CC(=O)OCc1cccc2c1C1(C)c3ccccc3C2c2ccccc21. The summed E-state index contributed by atoms with van der Waals surface area (Å²) in [4.78, 5) is 11.4. The first-order valence-corrected chi connectivity index (χ1v) is 9.07. The summed E-state index contributed by atoms with van der Waals surface area (Å²) in [6.07, 6.45) is 0. The van der Waals surface area contributed by atoms with Crippen LogP contribution in [-0.2, 0) is 21.6 Å². The molecule has 3 aliphatic carbocycles. The standard InChI is InChI=1S/C24H20O2/c1-15(25)26-14-16-8-7-11-19-22-17-9-3-5-12-20(17)24(2,23(16)19)21-13-6-4-10-18(21)22/h3-13,22H,14H2,1-2H3. The lowest BCUT2D eigenvalue weighted by Crippen LogP contribution is -2.40. The molecule has 6 rings (SSSR count). The van der Waals surface area contributed by atoms with Crippen LogP contribution in [0.2, 0.25) is 0 Å². The highest BCUT2D eigenvalue weighted by molar-refractivity contribution is 5.73. The Labute approximate surface area is 153 Å². The average molecular weight is 340 g/mol. The maximum atomic E-state index is 11.4. The average Bonchev–Trinajstić information content (AvgIpc) is 2.67. The van der Waals surface area contributed by atoms with Crippen molar-refractivity contribution in [3.05, 3.63) is 106 Å². The molecule has 26 heavy (non-hydrogen) atoms. The summed E-state index contributed by atoms with van der Waals surface area (Å²) in [6, 6.07) is 24.0. The van der Waals surface area contributed by atoms with Crippen LogP contribution in [0.25, 0.3) is 0 Å². The molecule has 0 spiro atoms. The second kappa shape index (κ2) is 5.31. The third-order valence-corrected chi connectivity index (χ3v) is 6.05. The van der Waals surface area contributed by atoms with Gasteiger partial charge in [0.25, 0.3) is 0 Å². The summed E-state index contributed by atoms with van der Waals surface area (Å²) >= 11 is 0. The fraction of sp³-hybridized carbons (Fsp3) is 0.208. The Balaban J connectivity index is 1.83. The van der Waals surface area contributed by atoms with Crippen molar-refractivity contribution in [2.75, 3.05) is 0 Å². The molecule has 0 fully saturated rings. The number of carbonyl (C=O) groups is 1. The lowest BCUT2D eigenvalue weighted by molar-refractivity contribution is -0.142. The number of benzene rings is 3. The van der Waals surface area contributed by atoms with E-state index in [1.807, 2.05) is 0 Å². The number of carbonyl (C=O) groups excluding carboxylic acids is 1. The van der Waals surface area contributed by atoms with E-state index in [1.165, 1.54) is 40.3 Å². The molecule has 2 heteroatoms. The third kappa shape index (κ3) is 1.84. The number of hydrogen-bond donors (Lipinski definition) is 0. The van der Waals surface area contributed by atoms with E-state index in [1.54, 1.807) is 0 Å². The molecule has 3 aliphatic rings. The first-order chi connectivity index (χ1) is 12.6. The maximum Gasteiger partial charge on any atom is 0.302 e. The fourth-order valence-electron chi connectivity index (χ4n) is 5.10. The van der Waals surface area contributed by atoms with Crippen LogP contribution in [0.5, 0.6) is 0 Å². The molecule has 0 saturated heterocycles. The Kier molecular flexibility index (Phi) is 3.14. The van der Waals surface area contributed by atoms with Gasteiger partial charge in [-0.1, -0.05) is 66.7 Å². The van der Waals surface area contributed by atoms with Gasteiger partial charge in [0.05, 0.1) is 0 Å². The zero-order chi connectivity index (χ0) is 17.9. The van der Waals surface area contributed by atoms with Crippen molar-refractivity contribution >= 4 is 5.97 Å². The maximum absolute atomic E-state index is 11.4. The van der Waals surface area contributed by atoms with E-state index in [4.69, 9.17) is 4.74 Å². The van der Waals surface area contributed by atoms with Crippen LogP contribution in [0.3, 0.4) is 0 Å². The zero-order valence-electron chi connectivity index (χ0n) is 15.0. The van der Waals surface area contributed by atoms with E-state index in [2.05, 4.69) is 73.7 Å². The third-order valence-electron chi connectivity index (χ3n) is 6.05. The van der Waals surface area contributed by atoms with Crippen LogP contribution in [0.4, 0.5) is 0 Å². The zero-order valence-corrected chi connectivity index (χ0v) is 15.0. The van der Waals surface area contributed by atoms with Crippen LogP contribution in [0, 0.1) is 0 Å². The molecule has 3 aromatic carbocycles. The van der Waals surface area contributed by atoms with Gasteiger partial charge < -0.3 is 4.74 Å². The van der Waals surface area contributed by atoms with Gasteiger partial charge in [0, 0.05) is 18.3 Å². The van der Waals surface area contributed by atoms with Gasteiger partial charge >= 0.3 is 5.97 Å². The number of esters is 1. The Morgan fingerprint density at radius 1 is 0.885 bits per heavy atom. The monoisotopic (exact) mass is 340 g/mol. The topological polar surface area (TPSA) is 26.3 Å². The Morgan fingerprint density at radius 2 is 1.46 bits per heavy atom. The molecule has 0 aromatic heterocycles. The van der Waals surface area contributed by atoms with Gasteiger partial charge in [-0.3, -0.25) is 4.79 Å². The lowest BCUT2D eigenvalue weighted by atomic mass is 9.53. The largest absolute Gasteiger partial charge is 0.461 e. The van der Waals surface area contributed by atoms with E-state index >= 15 is 0 Å². The summed E-state index contributed by atoms with van der Waals surface area (Å²) < 4.78 is 5.38. The van der Waals surface area contributed by atoms with Crippen molar-refractivity contribution in [1.82, 2.24) is 0 Å². The van der Waals surface area contributed by atoms with Gasteiger partial charge in [0.1, 0.15) is 6.61 Å². The summed E-state index contributed by atoms with van der Waals surface area (Å²) in [7, 11) is 0. The first-order valence-electron chi connectivity index (χ1n) is 9.07. The summed E-state index contributed by atoms with van der Waals surface area (Å²) in [5.74, 6) is 0.00558. The molecular formula is C24H20O2. The van der Waals surface area contributed by atoms with Gasteiger partial charge in [-0.05, 0) is 45.9 Å². The predicted octanol–water partition coefficient (Wildman–Crippen LogP) is 4.91. The molecule has 0 atom stereocenters. The number of hydrogen-bond acceptors (Lipinski definition) is 2. The Bertz CT molecular complexity index is 1000. The molecule has 2 nitrogen and oxygen atoms in total. The van der Waals surface area contributed by atoms with Gasteiger partial charge in [-0.15, -0.1) is 0 Å². The quantitative estimate of drug-likeness (QED) is 0.620. The van der Waals surface area contributed by atoms with Crippen molar-refractivity contribution in [2.24, 2.45) is 0 Å². The smallest absolute Gasteiger partial charge is 0.302 e. The van der Waals surface area contributed by atoms with Crippen LogP contribution >= 0.6 is 0 Å². The predicted molar refractivity (Wildman–Crippen MR) is 101 cm³/mol. The highest BCUT2D eigenvalue weighted by Crippen LogP contribution is 2.59. The Hall–Kier alpha value is -2.87. The van der Waals surface area contributed by atoms with E-state index in [9.17, 15) is 4.79 Å². The Morgan fingerprint density at radius 3 is 2.08 bits per heavy atom. The van der Waals surface area contributed by atoms with E-state index < -0.39 is 0 Å². The molecule has 3 aromatic rings. The highest BCUT2D eigenvalue weighted by Gasteiger charge is 2.49. The lowest BCUT2D eigenvalue weighted by Gasteiger charge is -2.49. The summed E-state index contributed by atoms with van der Waals surface area (Å²) in [5, 5.41) is 0. The molecule has 0 amide bonds. The van der Waals surface area contributed by atoms with Crippen LogP contribution in [-0.4, -0.2) is 5.97 Å². The molecule has 128 valence electrons. The van der Waals surface area contributed by atoms with E-state index in [0.717, 1.165) is 5.56 Å². The first kappa shape index (κ1) is 15.4. The molecular weight excluding hydrogens is 320 g/mol. The fourth-order valence-corrected chi connectivity index (χ4v) is 5.10. The summed E-state index contributed by atoms with van der Waals surface area (Å²) in [5.41, 5.74) is 9.05. The van der Waals surface area contributed by atoms with Crippen LogP contribution < -0.4 is 0 Å². The van der Waals surface area contributed by atoms with Crippen molar-refractivity contribution in [2.45, 2.75) is 31.8 Å². The minimum atomic E-state index is -0.241. The molecule has 0 saturated carbocycles. The van der Waals surface area contributed by atoms with Gasteiger partial charge in [0.2, 0.25) is 0 Å². The molecule has 2 bridgehead atoms. The van der Waals surface area contributed by atoms with Gasteiger partial charge in [0.15, 0.2) is 0 Å². The van der Waals surface area contributed by atoms with Crippen molar-refractivity contribution in [3.8, 4) is 0 Å². The normalized spacial score (nSPS) is 21.5. The van der Waals surface area contributed by atoms with E-state index in [-0.39, 0.29) is 17.3 Å². The highest BCUT2D eigenvalue weighted by atomic mass is 16.5. The minimum absolute atomic E-state index is 0.228. The molecule has 0 aliphatic heterocycles.